The standard InChI is InChI=1S/C17H18F2N2/c18-16-6-4-5-15(17(16)19)14-9-13(10-20-11-14)12-21-7-2-1-3-8-21/h4-6,9-11H,1-3,7-8,12H2. The molecule has 0 radical (unpaired) electrons. The Morgan fingerprint density at radius 1 is 1.05 bits per heavy atom. The first kappa shape index (κ1) is 14.1. The number of hydrogen-bond donors (Lipinski definition) is 0. The van der Waals surface area contributed by atoms with E-state index in [4.69, 9.17) is 0 Å². The molecule has 1 aliphatic heterocycles. The number of piperidine rings is 1. The van der Waals surface area contributed by atoms with Gasteiger partial charge < -0.3 is 0 Å². The highest BCUT2D eigenvalue weighted by Gasteiger charge is 2.13. The van der Waals surface area contributed by atoms with Gasteiger partial charge in [-0.15, -0.1) is 0 Å². The highest BCUT2D eigenvalue weighted by Crippen LogP contribution is 2.25. The molecular weight excluding hydrogens is 270 g/mol. The molecule has 0 aliphatic carbocycles. The van der Waals surface area contributed by atoms with E-state index in [0.717, 1.165) is 31.3 Å². The van der Waals surface area contributed by atoms with Crippen molar-refractivity contribution in [3.05, 3.63) is 53.9 Å². The lowest BCUT2D eigenvalue weighted by Crippen LogP contribution is -2.29. The maximum atomic E-state index is 13.9. The van der Waals surface area contributed by atoms with Crippen LogP contribution in [0.25, 0.3) is 11.1 Å². The molecule has 3 rings (SSSR count). The first-order valence-corrected chi connectivity index (χ1v) is 7.35. The van der Waals surface area contributed by atoms with Crippen molar-refractivity contribution in [3.8, 4) is 11.1 Å². The van der Waals surface area contributed by atoms with Crippen molar-refractivity contribution in [2.75, 3.05) is 13.1 Å². The number of halogens is 2. The summed E-state index contributed by atoms with van der Waals surface area (Å²) in [6.07, 6.45) is 7.13. The summed E-state index contributed by atoms with van der Waals surface area (Å²) in [5.74, 6) is -1.64. The quantitative estimate of drug-likeness (QED) is 0.848. The van der Waals surface area contributed by atoms with Gasteiger partial charge in [-0.05, 0) is 43.6 Å². The molecule has 0 unspecified atom stereocenters. The molecule has 0 spiro atoms. The molecule has 0 saturated carbocycles. The molecule has 110 valence electrons. The number of pyridine rings is 1. The van der Waals surface area contributed by atoms with Crippen LogP contribution < -0.4 is 0 Å². The van der Waals surface area contributed by atoms with Gasteiger partial charge in [-0.3, -0.25) is 9.88 Å². The fourth-order valence-electron chi connectivity index (χ4n) is 2.82. The van der Waals surface area contributed by atoms with Gasteiger partial charge in [0.05, 0.1) is 0 Å². The fourth-order valence-corrected chi connectivity index (χ4v) is 2.82. The molecule has 0 bridgehead atoms. The van der Waals surface area contributed by atoms with Crippen LogP contribution in [0.15, 0.2) is 36.7 Å². The highest BCUT2D eigenvalue weighted by atomic mass is 19.2. The average molecular weight is 288 g/mol. The van der Waals surface area contributed by atoms with Crippen LogP contribution in [0.4, 0.5) is 8.78 Å². The normalized spacial score (nSPS) is 16.1. The molecule has 2 nitrogen and oxygen atoms in total. The second-order valence-electron chi connectivity index (χ2n) is 5.52. The third kappa shape index (κ3) is 3.27. The molecule has 1 saturated heterocycles. The Morgan fingerprint density at radius 3 is 2.67 bits per heavy atom. The van der Waals surface area contributed by atoms with Gasteiger partial charge >= 0.3 is 0 Å². The van der Waals surface area contributed by atoms with Gasteiger partial charge in [0.1, 0.15) is 0 Å². The third-order valence-electron chi connectivity index (χ3n) is 3.91. The zero-order valence-corrected chi connectivity index (χ0v) is 11.9. The van der Waals surface area contributed by atoms with Gasteiger partial charge in [0.15, 0.2) is 11.6 Å². The minimum absolute atomic E-state index is 0.267. The van der Waals surface area contributed by atoms with E-state index in [0.29, 0.717) is 5.56 Å². The van der Waals surface area contributed by atoms with Crippen LogP contribution in [0.2, 0.25) is 0 Å². The number of hydrogen-bond acceptors (Lipinski definition) is 2. The Hall–Kier alpha value is -1.81. The number of nitrogens with zero attached hydrogens (tertiary/aromatic N) is 2. The Bertz CT molecular complexity index is 622. The second-order valence-corrected chi connectivity index (χ2v) is 5.52. The van der Waals surface area contributed by atoms with Gasteiger partial charge in [0.2, 0.25) is 0 Å². The van der Waals surface area contributed by atoms with E-state index in [1.165, 1.54) is 25.3 Å². The lowest BCUT2D eigenvalue weighted by atomic mass is 10.0. The van der Waals surface area contributed by atoms with E-state index in [1.807, 2.05) is 6.07 Å². The SMILES string of the molecule is Fc1cccc(-c2cncc(CN3CCCCC3)c2)c1F. The lowest BCUT2D eigenvalue weighted by Gasteiger charge is -2.26. The monoisotopic (exact) mass is 288 g/mol. The predicted molar refractivity (Wildman–Crippen MR) is 78.7 cm³/mol. The summed E-state index contributed by atoms with van der Waals surface area (Å²) < 4.78 is 27.2. The number of aromatic nitrogens is 1. The number of likely N-dealkylation sites (tertiary alicyclic amines) is 1. The molecule has 1 aromatic carbocycles. The van der Waals surface area contributed by atoms with E-state index in [9.17, 15) is 8.78 Å². The highest BCUT2D eigenvalue weighted by molar-refractivity contribution is 5.63. The van der Waals surface area contributed by atoms with Gasteiger partial charge in [0.25, 0.3) is 0 Å². The number of rotatable bonds is 3. The van der Waals surface area contributed by atoms with E-state index in [1.54, 1.807) is 18.5 Å². The third-order valence-corrected chi connectivity index (χ3v) is 3.91. The van der Waals surface area contributed by atoms with Crippen molar-refractivity contribution in [3.63, 3.8) is 0 Å². The molecule has 0 atom stereocenters. The summed E-state index contributed by atoms with van der Waals surface area (Å²) in [5, 5.41) is 0. The largest absolute Gasteiger partial charge is 0.299 e. The molecule has 0 N–H and O–H groups in total. The minimum atomic E-state index is -0.825. The van der Waals surface area contributed by atoms with Crippen molar-refractivity contribution < 1.29 is 8.78 Å². The average Bonchev–Trinajstić information content (AvgIpc) is 2.51. The fraction of sp³-hybridized carbons (Fsp3) is 0.353. The molecule has 2 aromatic rings. The van der Waals surface area contributed by atoms with Crippen LogP contribution in [0.1, 0.15) is 24.8 Å². The molecule has 1 fully saturated rings. The minimum Gasteiger partial charge on any atom is -0.299 e. The van der Waals surface area contributed by atoms with Crippen LogP contribution in [0.5, 0.6) is 0 Å². The summed E-state index contributed by atoms with van der Waals surface area (Å²) in [6, 6.07) is 6.13. The molecular formula is C17H18F2N2. The zero-order chi connectivity index (χ0) is 14.7. The summed E-state index contributed by atoms with van der Waals surface area (Å²) in [4.78, 5) is 6.56. The van der Waals surface area contributed by atoms with Crippen molar-refractivity contribution >= 4 is 0 Å². The van der Waals surface area contributed by atoms with Crippen LogP contribution in [-0.4, -0.2) is 23.0 Å². The molecule has 2 heterocycles. The van der Waals surface area contributed by atoms with Crippen molar-refractivity contribution in [1.82, 2.24) is 9.88 Å². The van der Waals surface area contributed by atoms with Crippen molar-refractivity contribution in [2.45, 2.75) is 25.8 Å². The molecule has 21 heavy (non-hydrogen) atoms. The summed E-state index contributed by atoms with van der Waals surface area (Å²) in [7, 11) is 0. The van der Waals surface area contributed by atoms with Crippen LogP contribution in [-0.2, 0) is 6.54 Å². The Morgan fingerprint density at radius 2 is 1.86 bits per heavy atom. The van der Waals surface area contributed by atoms with Crippen molar-refractivity contribution in [1.29, 1.82) is 0 Å². The Labute approximate surface area is 123 Å². The number of benzene rings is 1. The van der Waals surface area contributed by atoms with E-state index in [2.05, 4.69) is 9.88 Å². The molecule has 0 amide bonds. The molecule has 1 aromatic heterocycles. The molecule has 1 aliphatic rings. The van der Waals surface area contributed by atoms with Gasteiger partial charge in [-0.25, -0.2) is 8.78 Å². The van der Waals surface area contributed by atoms with E-state index in [-0.39, 0.29) is 5.56 Å². The topological polar surface area (TPSA) is 16.1 Å². The van der Waals surface area contributed by atoms with Crippen LogP contribution in [0.3, 0.4) is 0 Å². The first-order chi connectivity index (χ1) is 10.2. The summed E-state index contributed by atoms with van der Waals surface area (Å²) >= 11 is 0. The first-order valence-electron chi connectivity index (χ1n) is 7.35. The Balaban J connectivity index is 1.84. The van der Waals surface area contributed by atoms with Crippen LogP contribution >= 0.6 is 0 Å². The van der Waals surface area contributed by atoms with Crippen LogP contribution in [0, 0.1) is 11.6 Å². The predicted octanol–water partition coefficient (Wildman–Crippen LogP) is 4.01. The summed E-state index contributed by atoms with van der Waals surface area (Å²) in [6.45, 7) is 3.01. The zero-order valence-electron chi connectivity index (χ0n) is 11.9. The second kappa shape index (κ2) is 6.31. The maximum absolute atomic E-state index is 13.9. The van der Waals surface area contributed by atoms with E-state index >= 15 is 0 Å². The van der Waals surface area contributed by atoms with Gasteiger partial charge in [0, 0.05) is 30.1 Å². The smallest absolute Gasteiger partial charge is 0.166 e. The van der Waals surface area contributed by atoms with Gasteiger partial charge in [-0.1, -0.05) is 18.6 Å². The molecule has 4 heteroatoms. The maximum Gasteiger partial charge on any atom is 0.166 e. The van der Waals surface area contributed by atoms with E-state index < -0.39 is 11.6 Å². The Kier molecular flexibility index (Phi) is 4.25. The van der Waals surface area contributed by atoms with Gasteiger partial charge in [-0.2, -0.15) is 0 Å². The lowest BCUT2D eigenvalue weighted by molar-refractivity contribution is 0.220. The van der Waals surface area contributed by atoms with Crippen molar-refractivity contribution in [2.24, 2.45) is 0 Å². The summed E-state index contributed by atoms with van der Waals surface area (Å²) in [5.41, 5.74) is 1.93.